The summed E-state index contributed by atoms with van der Waals surface area (Å²) in [6.07, 6.45) is 0. The van der Waals surface area contributed by atoms with Gasteiger partial charge in [-0.25, -0.2) is 0 Å². The summed E-state index contributed by atoms with van der Waals surface area (Å²) in [5, 5.41) is 7.50. The van der Waals surface area contributed by atoms with Crippen molar-refractivity contribution in [2.24, 2.45) is 0 Å². The van der Waals surface area contributed by atoms with Gasteiger partial charge in [-0.3, -0.25) is 0 Å². The van der Waals surface area contributed by atoms with Gasteiger partial charge >= 0.3 is 0 Å². The molecule has 0 saturated heterocycles. The van der Waals surface area contributed by atoms with Crippen molar-refractivity contribution in [3.05, 3.63) is 146 Å². The van der Waals surface area contributed by atoms with Gasteiger partial charge in [0.1, 0.15) is 5.75 Å². The molecule has 0 amide bonds. The lowest BCUT2D eigenvalue weighted by Crippen LogP contribution is -2.11. The van der Waals surface area contributed by atoms with E-state index in [2.05, 4.69) is 138 Å². The van der Waals surface area contributed by atoms with Crippen LogP contribution in [-0.4, -0.2) is 7.11 Å². The molecular weight excluding hydrogens is 531 g/mol. The van der Waals surface area contributed by atoms with E-state index in [1.165, 1.54) is 52.8 Å². The second-order valence-corrected chi connectivity index (χ2v) is 11.6. The molecule has 8 rings (SSSR count). The summed E-state index contributed by atoms with van der Waals surface area (Å²) in [6, 6.07) is 52.4. The highest BCUT2D eigenvalue weighted by Gasteiger charge is 2.22. The SMILES string of the molecule is COc1ccc(N(c2ccc3ccccc3c2-c2ccc3ccccc3c2)c2cccc3c2sc2ccccc23)cc1. The highest BCUT2D eigenvalue weighted by atomic mass is 32.1. The summed E-state index contributed by atoms with van der Waals surface area (Å²) < 4.78 is 8.11. The van der Waals surface area contributed by atoms with Crippen LogP contribution < -0.4 is 9.64 Å². The fourth-order valence-corrected chi connectivity index (χ4v) is 7.35. The number of rotatable bonds is 5. The van der Waals surface area contributed by atoms with Crippen LogP contribution in [0.4, 0.5) is 17.1 Å². The number of nitrogens with zero attached hydrogens (tertiary/aromatic N) is 1. The largest absolute Gasteiger partial charge is 0.497 e. The van der Waals surface area contributed by atoms with Crippen LogP contribution in [0.5, 0.6) is 5.75 Å². The standard InChI is InChI=1S/C39H27NOS/c1-41-31-22-20-30(21-23-31)40(36-15-8-14-34-33-13-6-7-16-37(33)42-39(34)36)35-24-19-27-10-4-5-12-32(27)38(35)29-18-17-26-9-2-3-11-28(26)25-29/h2-25H,1H3. The molecule has 0 N–H and O–H groups in total. The smallest absolute Gasteiger partial charge is 0.119 e. The summed E-state index contributed by atoms with van der Waals surface area (Å²) >= 11 is 1.85. The lowest BCUT2D eigenvalue weighted by molar-refractivity contribution is 0.415. The first-order valence-electron chi connectivity index (χ1n) is 14.1. The van der Waals surface area contributed by atoms with Gasteiger partial charge in [0.2, 0.25) is 0 Å². The van der Waals surface area contributed by atoms with Gasteiger partial charge in [0, 0.05) is 26.7 Å². The highest BCUT2D eigenvalue weighted by Crippen LogP contribution is 2.49. The summed E-state index contributed by atoms with van der Waals surface area (Å²) in [4.78, 5) is 2.42. The first-order valence-corrected chi connectivity index (χ1v) is 15.0. The third-order valence-electron chi connectivity index (χ3n) is 8.14. The summed E-state index contributed by atoms with van der Waals surface area (Å²) in [6.45, 7) is 0. The lowest BCUT2D eigenvalue weighted by Gasteiger charge is -2.29. The Morgan fingerprint density at radius 2 is 1.21 bits per heavy atom. The highest BCUT2D eigenvalue weighted by molar-refractivity contribution is 7.26. The van der Waals surface area contributed by atoms with E-state index >= 15 is 0 Å². The van der Waals surface area contributed by atoms with Gasteiger partial charge in [0.25, 0.3) is 0 Å². The molecule has 0 saturated carbocycles. The van der Waals surface area contributed by atoms with Gasteiger partial charge in [-0.1, -0.05) is 97.1 Å². The quantitative estimate of drug-likeness (QED) is 0.209. The molecule has 8 aromatic rings. The van der Waals surface area contributed by atoms with E-state index in [1.807, 2.05) is 23.5 Å². The molecule has 3 heteroatoms. The van der Waals surface area contributed by atoms with Crippen molar-refractivity contribution in [2.75, 3.05) is 12.0 Å². The molecule has 0 spiro atoms. The first-order chi connectivity index (χ1) is 20.8. The molecule has 0 aliphatic rings. The van der Waals surface area contributed by atoms with Gasteiger partial charge in [-0.2, -0.15) is 0 Å². The Morgan fingerprint density at radius 1 is 0.524 bits per heavy atom. The fraction of sp³-hybridized carbons (Fsp3) is 0.0256. The van der Waals surface area contributed by atoms with E-state index in [1.54, 1.807) is 7.11 Å². The normalized spacial score (nSPS) is 11.5. The zero-order chi connectivity index (χ0) is 28.0. The second-order valence-electron chi connectivity index (χ2n) is 10.5. The minimum absolute atomic E-state index is 0.840. The number of fused-ring (bicyclic) bond motifs is 5. The molecule has 0 unspecified atom stereocenters. The van der Waals surface area contributed by atoms with Crippen LogP contribution in [0, 0.1) is 0 Å². The number of benzene rings is 7. The van der Waals surface area contributed by atoms with Crippen LogP contribution in [0.2, 0.25) is 0 Å². The Bertz CT molecular complexity index is 2250. The van der Waals surface area contributed by atoms with Crippen LogP contribution in [-0.2, 0) is 0 Å². The van der Waals surface area contributed by atoms with Crippen molar-refractivity contribution in [1.29, 1.82) is 0 Å². The molecule has 200 valence electrons. The number of anilines is 3. The van der Waals surface area contributed by atoms with Crippen LogP contribution in [0.25, 0.3) is 52.8 Å². The van der Waals surface area contributed by atoms with E-state index in [0.717, 1.165) is 22.8 Å². The minimum atomic E-state index is 0.840. The van der Waals surface area contributed by atoms with E-state index in [-0.39, 0.29) is 0 Å². The first kappa shape index (κ1) is 24.7. The van der Waals surface area contributed by atoms with Crippen LogP contribution in [0.15, 0.2) is 146 Å². The Morgan fingerprint density at radius 3 is 2.05 bits per heavy atom. The molecule has 1 heterocycles. The number of hydrogen-bond acceptors (Lipinski definition) is 3. The number of thiophene rings is 1. The summed E-state index contributed by atoms with van der Waals surface area (Å²) in [5.41, 5.74) is 5.80. The van der Waals surface area contributed by atoms with E-state index < -0.39 is 0 Å². The maximum Gasteiger partial charge on any atom is 0.119 e. The topological polar surface area (TPSA) is 12.5 Å². The molecule has 0 atom stereocenters. The van der Waals surface area contributed by atoms with Crippen molar-refractivity contribution in [2.45, 2.75) is 0 Å². The zero-order valence-corrected chi connectivity index (χ0v) is 23.9. The molecule has 0 aliphatic heterocycles. The van der Waals surface area contributed by atoms with Crippen molar-refractivity contribution in [1.82, 2.24) is 0 Å². The molecule has 42 heavy (non-hydrogen) atoms. The molecule has 2 nitrogen and oxygen atoms in total. The third-order valence-corrected chi connectivity index (χ3v) is 9.35. The average Bonchev–Trinajstić information content (AvgIpc) is 3.44. The maximum atomic E-state index is 5.55. The molecule has 1 aromatic heterocycles. The second kappa shape index (κ2) is 10.1. The van der Waals surface area contributed by atoms with E-state index in [0.29, 0.717) is 0 Å². The van der Waals surface area contributed by atoms with Gasteiger partial charge < -0.3 is 9.64 Å². The maximum absolute atomic E-state index is 5.55. The Balaban J connectivity index is 1.47. The van der Waals surface area contributed by atoms with Crippen LogP contribution in [0.3, 0.4) is 0 Å². The summed E-state index contributed by atoms with van der Waals surface area (Å²) in [7, 11) is 1.71. The number of hydrogen-bond donors (Lipinski definition) is 0. The molecular formula is C39H27NOS. The van der Waals surface area contributed by atoms with Gasteiger partial charge in [0.05, 0.1) is 23.2 Å². The molecule has 0 fully saturated rings. The van der Waals surface area contributed by atoms with Gasteiger partial charge in [-0.05, 0) is 75.6 Å². The fourth-order valence-electron chi connectivity index (χ4n) is 6.14. The van der Waals surface area contributed by atoms with Crippen LogP contribution >= 0.6 is 11.3 Å². The summed E-state index contributed by atoms with van der Waals surface area (Å²) in [5.74, 6) is 0.840. The predicted octanol–water partition coefficient (Wildman–Crippen LogP) is 11.5. The molecule has 0 bridgehead atoms. The van der Waals surface area contributed by atoms with Crippen molar-refractivity contribution >= 4 is 70.1 Å². The van der Waals surface area contributed by atoms with E-state index in [4.69, 9.17) is 4.74 Å². The molecule has 7 aromatic carbocycles. The Labute approximate surface area is 248 Å². The van der Waals surface area contributed by atoms with Gasteiger partial charge in [-0.15, -0.1) is 11.3 Å². The zero-order valence-electron chi connectivity index (χ0n) is 23.1. The van der Waals surface area contributed by atoms with Crippen molar-refractivity contribution in [3.63, 3.8) is 0 Å². The van der Waals surface area contributed by atoms with E-state index in [9.17, 15) is 0 Å². The monoisotopic (exact) mass is 557 g/mol. The van der Waals surface area contributed by atoms with Crippen molar-refractivity contribution < 1.29 is 4.74 Å². The van der Waals surface area contributed by atoms with Crippen molar-refractivity contribution in [3.8, 4) is 16.9 Å². The third kappa shape index (κ3) is 4.01. The predicted molar refractivity (Wildman–Crippen MR) is 181 cm³/mol. The molecule has 0 radical (unpaired) electrons. The molecule has 0 aliphatic carbocycles. The lowest BCUT2D eigenvalue weighted by atomic mass is 9.93. The Kier molecular flexibility index (Phi) is 5.90. The number of methoxy groups -OCH3 is 1. The average molecular weight is 558 g/mol. The van der Waals surface area contributed by atoms with Crippen LogP contribution in [0.1, 0.15) is 0 Å². The minimum Gasteiger partial charge on any atom is -0.497 e. The Hall–Kier alpha value is -5.12. The van der Waals surface area contributed by atoms with Gasteiger partial charge in [0.15, 0.2) is 0 Å². The number of ether oxygens (including phenoxy) is 1.